The van der Waals surface area contributed by atoms with E-state index >= 15 is 0 Å². The van der Waals surface area contributed by atoms with Gasteiger partial charge in [0, 0.05) is 20.2 Å². The largest absolute Gasteiger partial charge is 0.384 e. The highest BCUT2D eigenvalue weighted by Crippen LogP contribution is 2.29. The predicted molar refractivity (Wildman–Crippen MR) is 66.7 cm³/mol. The van der Waals surface area contributed by atoms with Crippen molar-refractivity contribution in [1.29, 1.82) is 0 Å². The van der Waals surface area contributed by atoms with Gasteiger partial charge in [0.15, 0.2) is 0 Å². The molecule has 0 saturated carbocycles. The number of piperidine rings is 1. The van der Waals surface area contributed by atoms with Crippen molar-refractivity contribution < 1.29 is 4.74 Å². The lowest BCUT2D eigenvalue weighted by Crippen LogP contribution is -2.38. The van der Waals surface area contributed by atoms with Crippen LogP contribution in [0, 0.1) is 5.92 Å². The van der Waals surface area contributed by atoms with E-state index in [1.54, 1.807) is 7.11 Å². The fourth-order valence-electron chi connectivity index (χ4n) is 2.77. The molecule has 1 heterocycles. The van der Waals surface area contributed by atoms with Crippen LogP contribution >= 0.6 is 0 Å². The summed E-state index contributed by atoms with van der Waals surface area (Å²) in [6.07, 6.45) is 1.25. The van der Waals surface area contributed by atoms with Gasteiger partial charge in [0.25, 0.3) is 0 Å². The van der Waals surface area contributed by atoms with Gasteiger partial charge < -0.3 is 9.64 Å². The van der Waals surface area contributed by atoms with E-state index < -0.39 is 0 Å². The zero-order chi connectivity index (χ0) is 11.4. The Morgan fingerprint density at radius 3 is 2.69 bits per heavy atom. The van der Waals surface area contributed by atoms with Crippen LogP contribution in [-0.4, -0.2) is 38.8 Å². The van der Waals surface area contributed by atoms with Crippen LogP contribution in [0.4, 0.5) is 0 Å². The average molecular weight is 219 g/mol. The minimum atomic E-state index is 0.667. The lowest BCUT2D eigenvalue weighted by atomic mass is 9.85. The normalized spacial score (nSPS) is 26.9. The first-order valence-electron chi connectivity index (χ1n) is 6.02. The quantitative estimate of drug-likeness (QED) is 0.774. The molecule has 1 aliphatic rings. The molecule has 0 N–H and O–H groups in total. The second-order valence-electron chi connectivity index (χ2n) is 4.89. The van der Waals surface area contributed by atoms with Crippen molar-refractivity contribution in [2.75, 3.05) is 33.9 Å². The van der Waals surface area contributed by atoms with Crippen molar-refractivity contribution >= 4 is 0 Å². The Morgan fingerprint density at radius 2 is 2.00 bits per heavy atom. The number of hydrogen-bond donors (Lipinski definition) is 0. The van der Waals surface area contributed by atoms with E-state index in [1.165, 1.54) is 18.5 Å². The summed E-state index contributed by atoms with van der Waals surface area (Å²) >= 11 is 0. The summed E-state index contributed by atoms with van der Waals surface area (Å²) in [6.45, 7) is 3.22. The maximum absolute atomic E-state index is 5.29. The molecule has 1 fully saturated rings. The minimum absolute atomic E-state index is 0.667. The highest BCUT2D eigenvalue weighted by molar-refractivity contribution is 5.20. The number of methoxy groups -OCH3 is 1. The van der Waals surface area contributed by atoms with Crippen LogP contribution in [0.15, 0.2) is 30.3 Å². The molecular weight excluding hydrogens is 198 g/mol. The van der Waals surface area contributed by atoms with Crippen LogP contribution in [0.1, 0.15) is 17.9 Å². The molecule has 0 aliphatic carbocycles. The molecular formula is C14H21NO. The van der Waals surface area contributed by atoms with Crippen molar-refractivity contribution in [2.45, 2.75) is 12.3 Å². The Kier molecular flexibility index (Phi) is 3.97. The highest BCUT2D eigenvalue weighted by atomic mass is 16.5. The molecule has 2 rings (SSSR count). The van der Waals surface area contributed by atoms with Crippen molar-refractivity contribution in [3.05, 3.63) is 35.9 Å². The number of nitrogens with zero attached hydrogens (tertiary/aromatic N) is 1. The average Bonchev–Trinajstić information content (AvgIpc) is 2.30. The predicted octanol–water partition coefficient (Wildman–Crippen LogP) is 2.37. The van der Waals surface area contributed by atoms with Crippen LogP contribution in [0.25, 0.3) is 0 Å². The van der Waals surface area contributed by atoms with E-state index in [4.69, 9.17) is 4.74 Å². The molecule has 16 heavy (non-hydrogen) atoms. The van der Waals surface area contributed by atoms with Crippen LogP contribution in [0.5, 0.6) is 0 Å². The number of rotatable bonds is 3. The lowest BCUT2D eigenvalue weighted by Gasteiger charge is -2.35. The molecule has 2 atom stereocenters. The summed E-state index contributed by atoms with van der Waals surface area (Å²) in [4.78, 5) is 2.42. The standard InChI is InChI=1S/C14H21NO/c1-15-9-12(11-16-2)8-14(10-15)13-6-4-3-5-7-13/h3-7,12,14H,8-11H2,1-2H3/t12-,14+/m1/s1. The zero-order valence-electron chi connectivity index (χ0n) is 10.2. The Morgan fingerprint density at radius 1 is 1.25 bits per heavy atom. The van der Waals surface area contributed by atoms with Crippen molar-refractivity contribution in [1.82, 2.24) is 4.90 Å². The molecule has 0 amide bonds. The third kappa shape index (κ3) is 2.83. The Balaban J connectivity index is 2.04. The number of ether oxygens (including phenoxy) is 1. The molecule has 0 radical (unpaired) electrons. The summed E-state index contributed by atoms with van der Waals surface area (Å²) in [7, 11) is 4.00. The van der Waals surface area contributed by atoms with Crippen LogP contribution < -0.4 is 0 Å². The molecule has 0 spiro atoms. The van der Waals surface area contributed by atoms with Gasteiger partial charge in [-0.3, -0.25) is 0 Å². The van der Waals surface area contributed by atoms with E-state index in [0.29, 0.717) is 11.8 Å². The van der Waals surface area contributed by atoms with Gasteiger partial charge in [-0.15, -0.1) is 0 Å². The van der Waals surface area contributed by atoms with Gasteiger partial charge in [-0.2, -0.15) is 0 Å². The van der Waals surface area contributed by atoms with Gasteiger partial charge in [-0.25, -0.2) is 0 Å². The molecule has 88 valence electrons. The highest BCUT2D eigenvalue weighted by Gasteiger charge is 2.25. The first kappa shape index (κ1) is 11.6. The maximum Gasteiger partial charge on any atom is 0.0502 e. The fourth-order valence-corrected chi connectivity index (χ4v) is 2.77. The van der Waals surface area contributed by atoms with Crippen molar-refractivity contribution in [3.8, 4) is 0 Å². The van der Waals surface area contributed by atoms with E-state index in [9.17, 15) is 0 Å². The third-order valence-electron chi connectivity index (χ3n) is 3.39. The van der Waals surface area contributed by atoms with E-state index in [0.717, 1.165) is 13.2 Å². The second-order valence-corrected chi connectivity index (χ2v) is 4.89. The summed E-state index contributed by atoms with van der Waals surface area (Å²) in [6, 6.07) is 10.8. The number of likely N-dealkylation sites (tertiary alicyclic amines) is 1. The van der Waals surface area contributed by atoms with Gasteiger partial charge in [0.05, 0.1) is 6.61 Å². The molecule has 1 saturated heterocycles. The molecule has 2 heteroatoms. The summed E-state index contributed by atoms with van der Waals surface area (Å²) < 4.78 is 5.29. The lowest BCUT2D eigenvalue weighted by molar-refractivity contribution is 0.0927. The van der Waals surface area contributed by atoms with Crippen molar-refractivity contribution in [3.63, 3.8) is 0 Å². The summed E-state index contributed by atoms with van der Waals surface area (Å²) in [5.74, 6) is 1.34. The molecule has 1 aromatic rings. The van der Waals surface area contributed by atoms with Crippen LogP contribution in [-0.2, 0) is 4.74 Å². The monoisotopic (exact) mass is 219 g/mol. The fraction of sp³-hybridized carbons (Fsp3) is 0.571. The van der Waals surface area contributed by atoms with Gasteiger partial charge in [0.2, 0.25) is 0 Å². The van der Waals surface area contributed by atoms with Gasteiger partial charge in [0.1, 0.15) is 0 Å². The molecule has 0 bridgehead atoms. The Bertz CT molecular complexity index is 312. The number of likely N-dealkylation sites (N-methyl/N-ethyl adjacent to an activating group) is 1. The first-order chi connectivity index (χ1) is 7.79. The first-order valence-corrected chi connectivity index (χ1v) is 6.02. The molecule has 1 aliphatic heterocycles. The van der Waals surface area contributed by atoms with Crippen molar-refractivity contribution in [2.24, 2.45) is 5.92 Å². The summed E-state index contributed by atoms with van der Waals surface area (Å²) in [5, 5.41) is 0. The number of hydrogen-bond acceptors (Lipinski definition) is 2. The maximum atomic E-state index is 5.29. The van der Waals surface area contributed by atoms with E-state index in [-0.39, 0.29) is 0 Å². The molecule has 0 aromatic heterocycles. The molecule has 0 unspecified atom stereocenters. The minimum Gasteiger partial charge on any atom is -0.384 e. The second kappa shape index (κ2) is 5.46. The Hall–Kier alpha value is -0.860. The Labute approximate surface area is 98.2 Å². The molecule has 2 nitrogen and oxygen atoms in total. The van der Waals surface area contributed by atoms with E-state index in [1.807, 2.05) is 0 Å². The SMILES string of the molecule is COC[C@@H]1C[C@H](c2ccccc2)CN(C)C1. The van der Waals surface area contributed by atoms with Crippen LogP contribution in [0.2, 0.25) is 0 Å². The van der Waals surface area contributed by atoms with E-state index in [2.05, 4.69) is 42.3 Å². The topological polar surface area (TPSA) is 12.5 Å². The van der Waals surface area contributed by atoms with Gasteiger partial charge in [-0.1, -0.05) is 30.3 Å². The smallest absolute Gasteiger partial charge is 0.0502 e. The van der Waals surface area contributed by atoms with Gasteiger partial charge in [-0.05, 0) is 30.9 Å². The molecule has 1 aromatic carbocycles. The summed E-state index contributed by atoms with van der Waals surface area (Å²) in [5.41, 5.74) is 1.47. The number of benzene rings is 1. The third-order valence-corrected chi connectivity index (χ3v) is 3.39. The van der Waals surface area contributed by atoms with Gasteiger partial charge >= 0.3 is 0 Å². The zero-order valence-corrected chi connectivity index (χ0v) is 10.2. The van der Waals surface area contributed by atoms with Crippen LogP contribution in [0.3, 0.4) is 0 Å².